The molecule has 2 aromatic rings. The molecule has 0 spiro atoms. The largest absolute Gasteiger partial charge is 0.494 e. The first kappa shape index (κ1) is 19.1. The highest BCUT2D eigenvalue weighted by molar-refractivity contribution is 6.36. The van der Waals surface area contributed by atoms with Gasteiger partial charge >= 0.3 is 0 Å². The number of benzene rings is 2. The minimum Gasteiger partial charge on any atom is -0.494 e. The van der Waals surface area contributed by atoms with Gasteiger partial charge in [0.25, 0.3) is 5.91 Å². The predicted octanol–water partition coefficient (Wildman–Crippen LogP) is 4.55. The van der Waals surface area contributed by atoms with Crippen molar-refractivity contribution in [2.45, 2.75) is 13.8 Å². The number of ether oxygens (including phenoxy) is 2. The minimum absolute atomic E-state index is 0.260. The van der Waals surface area contributed by atoms with E-state index in [-0.39, 0.29) is 5.02 Å². The molecule has 5 nitrogen and oxygen atoms in total. The zero-order valence-corrected chi connectivity index (χ0v) is 15.4. The molecule has 7 heteroatoms. The monoisotopic (exact) mass is 380 g/mol. The van der Waals surface area contributed by atoms with Crippen LogP contribution in [0.5, 0.6) is 11.5 Å². The van der Waals surface area contributed by atoms with E-state index in [1.807, 2.05) is 19.9 Å². The molecule has 2 rings (SSSR count). The first-order chi connectivity index (χ1) is 12.0. The van der Waals surface area contributed by atoms with Crippen LogP contribution in [0, 0.1) is 0 Å². The fraction of sp³-hybridized carbons (Fsp3) is 0.222. The molecule has 0 bridgehead atoms. The SMILES string of the molecule is CCOc1ccc(/C=N\NC(=O)c2ccc(Cl)cc2Cl)c(OCC)c1. The number of rotatable bonds is 7. The molecular weight excluding hydrogens is 363 g/mol. The average molecular weight is 381 g/mol. The van der Waals surface area contributed by atoms with Gasteiger partial charge in [-0.2, -0.15) is 5.10 Å². The van der Waals surface area contributed by atoms with Crippen molar-refractivity contribution in [2.24, 2.45) is 5.10 Å². The topological polar surface area (TPSA) is 59.9 Å². The fourth-order valence-electron chi connectivity index (χ4n) is 2.05. The van der Waals surface area contributed by atoms with Crippen LogP contribution >= 0.6 is 23.2 Å². The van der Waals surface area contributed by atoms with Crippen molar-refractivity contribution in [3.8, 4) is 11.5 Å². The number of amides is 1. The smallest absolute Gasteiger partial charge is 0.272 e. The van der Waals surface area contributed by atoms with Crippen molar-refractivity contribution in [3.05, 3.63) is 57.6 Å². The van der Waals surface area contributed by atoms with E-state index in [9.17, 15) is 4.79 Å². The Bertz CT molecular complexity index is 779. The van der Waals surface area contributed by atoms with Crippen LogP contribution < -0.4 is 14.9 Å². The molecular formula is C18H18Cl2N2O3. The highest BCUT2D eigenvalue weighted by atomic mass is 35.5. The summed E-state index contributed by atoms with van der Waals surface area (Å²) in [6.45, 7) is 4.87. The lowest BCUT2D eigenvalue weighted by Gasteiger charge is -2.10. The molecule has 0 radical (unpaired) electrons. The zero-order valence-electron chi connectivity index (χ0n) is 13.9. The second-order valence-corrected chi connectivity index (χ2v) is 5.73. The molecule has 1 amide bonds. The van der Waals surface area contributed by atoms with Crippen LogP contribution in [0.15, 0.2) is 41.5 Å². The summed E-state index contributed by atoms with van der Waals surface area (Å²) in [4.78, 5) is 12.1. The van der Waals surface area contributed by atoms with Crippen LogP contribution in [0.3, 0.4) is 0 Å². The van der Waals surface area contributed by atoms with E-state index in [1.54, 1.807) is 18.2 Å². The summed E-state index contributed by atoms with van der Waals surface area (Å²) in [5.41, 5.74) is 3.44. The van der Waals surface area contributed by atoms with Crippen LogP contribution in [0.1, 0.15) is 29.8 Å². The lowest BCUT2D eigenvalue weighted by atomic mass is 10.2. The van der Waals surface area contributed by atoms with E-state index in [2.05, 4.69) is 10.5 Å². The van der Waals surface area contributed by atoms with Crippen molar-refractivity contribution in [1.29, 1.82) is 0 Å². The molecule has 0 unspecified atom stereocenters. The quantitative estimate of drug-likeness (QED) is 0.565. The van der Waals surface area contributed by atoms with Crippen LogP contribution in [-0.2, 0) is 0 Å². The molecule has 2 aromatic carbocycles. The zero-order chi connectivity index (χ0) is 18.2. The molecule has 25 heavy (non-hydrogen) atoms. The van der Waals surface area contributed by atoms with Crippen molar-refractivity contribution in [2.75, 3.05) is 13.2 Å². The van der Waals surface area contributed by atoms with E-state index in [0.29, 0.717) is 40.9 Å². The first-order valence-electron chi connectivity index (χ1n) is 7.73. The van der Waals surface area contributed by atoms with Gasteiger partial charge in [0.05, 0.1) is 30.0 Å². The summed E-state index contributed by atoms with van der Waals surface area (Å²) in [6, 6.07) is 10.0. The maximum Gasteiger partial charge on any atom is 0.272 e. The van der Waals surface area contributed by atoms with Crippen molar-refractivity contribution in [1.82, 2.24) is 5.43 Å². The van der Waals surface area contributed by atoms with E-state index in [0.717, 1.165) is 0 Å². The molecule has 0 aliphatic heterocycles. The maximum absolute atomic E-state index is 12.1. The summed E-state index contributed by atoms with van der Waals surface area (Å²) in [6.07, 6.45) is 1.50. The van der Waals surface area contributed by atoms with Crippen LogP contribution in [-0.4, -0.2) is 25.3 Å². The van der Waals surface area contributed by atoms with Crippen molar-refractivity contribution in [3.63, 3.8) is 0 Å². The van der Waals surface area contributed by atoms with Gasteiger partial charge < -0.3 is 9.47 Å². The fourth-order valence-corrected chi connectivity index (χ4v) is 2.55. The average Bonchev–Trinajstić information content (AvgIpc) is 2.57. The highest BCUT2D eigenvalue weighted by Crippen LogP contribution is 2.24. The molecule has 0 saturated heterocycles. The van der Waals surface area contributed by atoms with E-state index in [1.165, 1.54) is 18.3 Å². The number of hydrogen-bond acceptors (Lipinski definition) is 4. The van der Waals surface area contributed by atoms with Crippen LogP contribution in [0.2, 0.25) is 10.0 Å². The number of hydrazone groups is 1. The van der Waals surface area contributed by atoms with Crippen molar-refractivity contribution < 1.29 is 14.3 Å². The standard InChI is InChI=1S/C18H18Cl2N2O3/c1-3-24-14-7-5-12(17(10-14)25-4-2)11-21-22-18(23)15-8-6-13(19)9-16(15)20/h5-11H,3-4H2,1-2H3,(H,22,23)/b21-11-. The summed E-state index contributed by atoms with van der Waals surface area (Å²) in [5, 5.41) is 4.68. The second kappa shape index (κ2) is 9.30. The van der Waals surface area contributed by atoms with Gasteiger partial charge in [0.1, 0.15) is 11.5 Å². The van der Waals surface area contributed by atoms with Gasteiger partial charge in [-0.15, -0.1) is 0 Å². The number of carbonyl (C=O) groups is 1. The summed E-state index contributed by atoms with van der Waals surface area (Å²) < 4.78 is 11.0. The van der Waals surface area contributed by atoms with Gasteiger partial charge in [-0.1, -0.05) is 23.2 Å². The Labute approximate surface area is 156 Å². The predicted molar refractivity (Wildman–Crippen MR) is 100 cm³/mol. The molecule has 0 aliphatic rings. The lowest BCUT2D eigenvalue weighted by Crippen LogP contribution is -2.18. The summed E-state index contributed by atoms with van der Waals surface area (Å²) in [5.74, 6) is 0.901. The van der Waals surface area contributed by atoms with Crippen LogP contribution in [0.25, 0.3) is 0 Å². The minimum atomic E-state index is -0.429. The van der Waals surface area contributed by atoms with E-state index < -0.39 is 5.91 Å². The van der Waals surface area contributed by atoms with Gasteiger partial charge in [-0.05, 0) is 44.2 Å². The van der Waals surface area contributed by atoms with E-state index >= 15 is 0 Å². The number of nitrogens with zero attached hydrogens (tertiary/aromatic N) is 1. The third-order valence-electron chi connectivity index (χ3n) is 3.14. The highest BCUT2D eigenvalue weighted by Gasteiger charge is 2.10. The van der Waals surface area contributed by atoms with Gasteiger partial charge in [0.2, 0.25) is 0 Å². The molecule has 0 aliphatic carbocycles. The molecule has 0 aromatic heterocycles. The summed E-state index contributed by atoms with van der Waals surface area (Å²) in [7, 11) is 0. The van der Waals surface area contributed by atoms with Gasteiger partial charge in [0.15, 0.2) is 0 Å². The Morgan fingerprint density at radius 1 is 1.12 bits per heavy atom. The molecule has 0 atom stereocenters. The Hall–Kier alpha value is -2.24. The normalized spacial score (nSPS) is 10.7. The Balaban J connectivity index is 2.11. The Morgan fingerprint density at radius 2 is 1.88 bits per heavy atom. The third-order valence-corrected chi connectivity index (χ3v) is 3.69. The molecule has 1 N–H and O–H groups in total. The van der Waals surface area contributed by atoms with Crippen LogP contribution in [0.4, 0.5) is 0 Å². The number of halogens is 2. The Kier molecular flexibility index (Phi) is 7.10. The molecule has 0 saturated carbocycles. The third kappa shape index (κ3) is 5.37. The second-order valence-electron chi connectivity index (χ2n) is 4.89. The maximum atomic E-state index is 12.1. The molecule has 132 valence electrons. The number of nitrogens with one attached hydrogen (secondary N) is 1. The molecule has 0 heterocycles. The number of carbonyl (C=O) groups excluding carboxylic acids is 1. The van der Waals surface area contributed by atoms with Crippen molar-refractivity contribution >= 4 is 35.3 Å². The van der Waals surface area contributed by atoms with E-state index in [4.69, 9.17) is 32.7 Å². The lowest BCUT2D eigenvalue weighted by molar-refractivity contribution is 0.0955. The summed E-state index contributed by atoms with van der Waals surface area (Å²) >= 11 is 11.8. The van der Waals surface area contributed by atoms with Gasteiger partial charge in [0, 0.05) is 16.7 Å². The van der Waals surface area contributed by atoms with Gasteiger partial charge in [-0.25, -0.2) is 5.43 Å². The van der Waals surface area contributed by atoms with Gasteiger partial charge in [-0.3, -0.25) is 4.79 Å². The molecule has 0 fully saturated rings. The Morgan fingerprint density at radius 3 is 2.56 bits per heavy atom. The number of hydrogen-bond donors (Lipinski definition) is 1. The first-order valence-corrected chi connectivity index (χ1v) is 8.48.